The lowest BCUT2D eigenvalue weighted by Crippen LogP contribution is -2.33. The van der Waals surface area contributed by atoms with E-state index in [1.54, 1.807) is 29.1 Å². The van der Waals surface area contributed by atoms with Crippen LogP contribution in [-0.2, 0) is 4.74 Å². The minimum absolute atomic E-state index is 0.234. The van der Waals surface area contributed by atoms with Crippen molar-refractivity contribution in [2.24, 2.45) is 0 Å². The highest BCUT2D eigenvalue weighted by Gasteiger charge is 2.44. The lowest BCUT2D eigenvalue weighted by atomic mass is 10.1. The molecule has 1 aliphatic rings. The van der Waals surface area contributed by atoms with Gasteiger partial charge in [-0.15, -0.1) is 0 Å². The van der Waals surface area contributed by atoms with Crippen LogP contribution in [0.4, 0.5) is 5.82 Å². The Bertz CT molecular complexity index is 965. The Balaban J connectivity index is 1.91. The molecule has 5 N–H and O–H groups in total. The van der Waals surface area contributed by atoms with Gasteiger partial charge in [-0.3, -0.25) is 4.98 Å². The number of aliphatic hydroxyl groups excluding tert-OH is 3. The van der Waals surface area contributed by atoms with Crippen molar-refractivity contribution in [3.8, 4) is 11.3 Å². The highest BCUT2D eigenvalue weighted by atomic mass is 35.5. The predicted octanol–water partition coefficient (Wildman–Crippen LogP) is 0.340. The summed E-state index contributed by atoms with van der Waals surface area (Å²) in [5.74, 6) is 0.234. The van der Waals surface area contributed by atoms with E-state index in [9.17, 15) is 15.3 Å². The molecular formula is C16H16ClN5O4. The van der Waals surface area contributed by atoms with E-state index in [4.69, 9.17) is 22.1 Å². The van der Waals surface area contributed by atoms with E-state index >= 15 is 0 Å². The first-order valence-corrected chi connectivity index (χ1v) is 8.24. The number of nitrogens with zero attached hydrogens (tertiary/aromatic N) is 4. The number of aliphatic hydroxyl groups is 3. The van der Waals surface area contributed by atoms with Crippen LogP contribution in [-0.4, -0.2) is 59.8 Å². The number of fused-ring (bicyclic) bond motifs is 1. The Morgan fingerprint density at radius 2 is 2.04 bits per heavy atom. The number of aromatic nitrogens is 4. The Morgan fingerprint density at radius 1 is 1.23 bits per heavy atom. The minimum atomic E-state index is -1.25. The summed E-state index contributed by atoms with van der Waals surface area (Å²) in [5, 5.41) is 30.7. The van der Waals surface area contributed by atoms with Crippen molar-refractivity contribution in [1.29, 1.82) is 0 Å². The highest BCUT2D eigenvalue weighted by molar-refractivity contribution is 6.30. The third-order valence-corrected chi connectivity index (χ3v) is 4.66. The molecule has 1 fully saturated rings. The van der Waals surface area contributed by atoms with Crippen molar-refractivity contribution in [1.82, 2.24) is 19.5 Å². The van der Waals surface area contributed by atoms with Gasteiger partial charge in [-0.2, -0.15) is 0 Å². The van der Waals surface area contributed by atoms with Crippen molar-refractivity contribution in [2.75, 3.05) is 12.3 Å². The summed E-state index contributed by atoms with van der Waals surface area (Å²) in [7, 11) is 0. The van der Waals surface area contributed by atoms with E-state index in [0.29, 0.717) is 27.3 Å². The summed E-state index contributed by atoms with van der Waals surface area (Å²) in [4.78, 5) is 12.6. The number of hydrogen-bond acceptors (Lipinski definition) is 8. The maximum absolute atomic E-state index is 10.3. The normalized spacial score (nSPS) is 25.8. The summed E-state index contributed by atoms with van der Waals surface area (Å²) in [5.41, 5.74) is 7.61. The van der Waals surface area contributed by atoms with Crippen molar-refractivity contribution < 1.29 is 20.1 Å². The van der Waals surface area contributed by atoms with Gasteiger partial charge in [0.05, 0.1) is 17.7 Å². The lowest BCUT2D eigenvalue weighted by Gasteiger charge is -2.17. The van der Waals surface area contributed by atoms with Crippen LogP contribution in [0.5, 0.6) is 0 Å². The number of nitrogens with two attached hydrogens (primary N) is 1. The molecule has 0 aliphatic carbocycles. The van der Waals surface area contributed by atoms with Crippen LogP contribution in [0.3, 0.4) is 0 Å². The largest absolute Gasteiger partial charge is 0.394 e. The topological polar surface area (TPSA) is 140 Å². The quantitative estimate of drug-likeness (QED) is 0.512. The Morgan fingerprint density at radius 3 is 2.73 bits per heavy atom. The second-order valence-electron chi connectivity index (χ2n) is 6.00. The summed E-state index contributed by atoms with van der Waals surface area (Å²) in [6, 6.07) is 3.32. The molecule has 0 radical (unpaired) electrons. The molecule has 0 amide bonds. The molecule has 1 saturated heterocycles. The second-order valence-corrected chi connectivity index (χ2v) is 6.43. The van der Waals surface area contributed by atoms with Gasteiger partial charge in [0.25, 0.3) is 0 Å². The highest BCUT2D eigenvalue weighted by Crippen LogP contribution is 2.38. The predicted molar refractivity (Wildman–Crippen MR) is 93.2 cm³/mol. The van der Waals surface area contributed by atoms with Crippen LogP contribution in [0.25, 0.3) is 22.3 Å². The maximum atomic E-state index is 10.3. The molecule has 0 aromatic carbocycles. The molecule has 4 atom stereocenters. The van der Waals surface area contributed by atoms with Crippen molar-refractivity contribution in [3.05, 3.63) is 35.9 Å². The first-order chi connectivity index (χ1) is 12.5. The molecule has 3 aromatic rings. The molecule has 0 saturated carbocycles. The van der Waals surface area contributed by atoms with E-state index in [1.165, 1.54) is 6.33 Å². The number of anilines is 1. The van der Waals surface area contributed by atoms with E-state index in [1.807, 2.05) is 0 Å². The number of nitrogen functional groups attached to an aromatic ring is 1. The third-order valence-electron chi connectivity index (χ3n) is 4.43. The molecule has 136 valence electrons. The molecule has 10 heteroatoms. The lowest BCUT2D eigenvalue weighted by molar-refractivity contribution is -0.0508. The van der Waals surface area contributed by atoms with Crippen LogP contribution in [0.1, 0.15) is 6.23 Å². The van der Waals surface area contributed by atoms with E-state index < -0.39 is 31.1 Å². The fourth-order valence-electron chi connectivity index (χ4n) is 3.16. The Hall–Kier alpha value is -2.30. The number of halogens is 1. The fourth-order valence-corrected chi connectivity index (χ4v) is 3.32. The van der Waals surface area contributed by atoms with Gasteiger partial charge < -0.3 is 30.4 Å². The SMILES string of the molecule is Nc1ncnc2c1c(-c1cc(Cl)ccn1)cn2[C@@H]1O[C@H](CO)[C@@H](O)[C@H]1O. The van der Waals surface area contributed by atoms with Crippen molar-refractivity contribution in [2.45, 2.75) is 24.5 Å². The van der Waals surface area contributed by atoms with E-state index in [2.05, 4.69) is 15.0 Å². The van der Waals surface area contributed by atoms with Gasteiger partial charge >= 0.3 is 0 Å². The zero-order chi connectivity index (χ0) is 18.4. The molecule has 26 heavy (non-hydrogen) atoms. The van der Waals surface area contributed by atoms with Crippen molar-refractivity contribution in [3.63, 3.8) is 0 Å². The van der Waals surface area contributed by atoms with E-state index in [-0.39, 0.29) is 5.82 Å². The third kappa shape index (κ3) is 2.61. The molecular weight excluding hydrogens is 362 g/mol. The van der Waals surface area contributed by atoms with Crippen molar-refractivity contribution >= 4 is 28.5 Å². The zero-order valence-corrected chi connectivity index (χ0v) is 14.2. The van der Waals surface area contributed by atoms with E-state index in [0.717, 1.165) is 0 Å². The molecule has 1 aliphatic heterocycles. The van der Waals surface area contributed by atoms with Gasteiger partial charge in [0, 0.05) is 23.0 Å². The minimum Gasteiger partial charge on any atom is -0.394 e. The van der Waals surface area contributed by atoms with Gasteiger partial charge in [0.2, 0.25) is 0 Å². The van der Waals surface area contributed by atoms with Crippen LogP contribution in [0.2, 0.25) is 5.02 Å². The van der Waals surface area contributed by atoms with Crippen LogP contribution >= 0.6 is 11.6 Å². The van der Waals surface area contributed by atoms with Gasteiger partial charge in [-0.1, -0.05) is 11.6 Å². The molecule has 0 bridgehead atoms. The molecule has 9 nitrogen and oxygen atoms in total. The summed E-state index contributed by atoms with van der Waals surface area (Å²) in [6.45, 7) is -0.423. The smallest absolute Gasteiger partial charge is 0.164 e. The number of rotatable bonds is 3. The van der Waals surface area contributed by atoms with Gasteiger partial charge in [0.1, 0.15) is 36.1 Å². The zero-order valence-electron chi connectivity index (χ0n) is 13.4. The average Bonchev–Trinajstić information content (AvgIpc) is 3.15. The van der Waals surface area contributed by atoms with Gasteiger partial charge in [-0.25, -0.2) is 9.97 Å². The summed E-state index contributed by atoms with van der Waals surface area (Å²) >= 11 is 6.06. The average molecular weight is 378 g/mol. The Labute approximate surface area is 152 Å². The fraction of sp³-hybridized carbons (Fsp3) is 0.312. The van der Waals surface area contributed by atoms with Gasteiger partial charge in [-0.05, 0) is 12.1 Å². The second kappa shape index (κ2) is 6.45. The van der Waals surface area contributed by atoms with Gasteiger partial charge in [0.15, 0.2) is 6.23 Å². The first-order valence-electron chi connectivity index (χ1n) is 7.86. The Kier molecular flexibility index (Phi) is 4.25. The standard InChI is InChI=1S/C16H16ClN5O4/c17-7-1-2-19-9(3-7)8-4-22(15-11(8)14(18)20-6-21-15)16-13(25)12(24)10(5-23)26-16/h1-4,6,10,12-13,16,23-25H,5H2,(H2,18,20,21)/t10-,12-,13-,16-/m1/s1. The molecule has 4 rings (SSSR count). The molecule has 3 aromatic heterocycles. The summed E-state index contributed by atoms with van der Waals surface area (Å²) < 4.78 is 7.16. The van der Waals surface area contributed by atoms with Crippen LogP contribution < -0.4 is 5.73 Å². The number of hydrogen-bond donors (Lipinski definition) is 4. The number of pyridine rings is 1. The number of ether oxygens (including phenoxy) is 1. The van der Waals surface area contributed by atoms with Crippen LogP contribution in [0, 0.1) is 0 Å². The monoisotopic (exact) mass is 377 g/mol. The molecule has 0 spiro atoms. The summed E-state index contributed by atoms with van der Waals surface area (Å²) in [6.07, 6.45) is 0.187. The first kappa shape index (κ1) is 17.1. The molecule has 4 heterocycles. The van der Waals surface area contributed by atoms with Crippen LogP contribution in [0.15, 0.2) is 30.9 Å². The maximum Gasteiger partial charge on any atom is 0.164 e. The molecule has 0 unspecified atom stereocenters.